The number of amides is 4. The number of urea groups is 1. The summed E-state index contributed by atoms with van der Waals surface area (Å²) in [6.45, 7) is 0.167. The number of anilines is 1. The first-order chi connectivity index (χ1) is 12.5. The smallest absolute Gasteiger partial charge is 0.325 e. The van der Waals surface area contributed by atoms with E-state index in [2.05, 4.69) is 10.6 Å². The van der Waals surface area contributed by atoms with E-state index in [9.17, 15) is 14.4 Å². The van der Waals surface area contributed by atoms with Crippen molar-refractivity contribution < 1.29 is 19.5 Å². The van der Waals surface area contributed by atoms with E-state index in [0.29, 0.717) is 24.9 Å². The minimum atomic E-state index is -0.742. The summed E-state index contributed by atoms with van der Waals surface area (Å²) >= 11 is 0. The average molecular weight is 359 g/mol. The van der Waals surface area contributed by atoms with Crippen molar-refractivity contribution in [3.8, 4) is 0 Å². The van der Waals surface area contributed by atoms with E-state index in [0.717, 1.165) is 24.8 Å². The van der Waals surface area contributed by atoms with Gasteiger partial charge in [-0.1, -0.05) is 31.4 Å². The first-order valence-electron chi connectivity index (χ1n) is 9.18. The zero-order chi connectivity index (χ0) is 18.6. The molecule has 0 aromatic heterocycles. The highest BCUT2D eigenvalue weighted by atomic mass is 16.3. The summed E-state index contributed by atoms with van der Waals surface area (Å²) < 4.78 is 0. The molecule has 1 spiro atoms. The van der Waals surface area contributed by atoms with Gasteiger partial charge in [0.15, 0.2) is 0 Å². The van der Waals surface area contributed by atoms with Crippen molar-refractivity contribution in [2.24, 2.45) is 0 Å². The Balaban J connectivity index is 1.52. The molecule has 1 aromatic carbocycles. The lowest BCUT2D eigenvalue weighted by atomic mass is 9.82. The fraction of sp³-hybridized carbons (Fsp3) is 0.526. The lowest BCUT2D eigenvalue weighted by Crippen LogP contribution is -2.48. The van der Waals surface area contributed by atoms with Crippen LogP contribution in [0.4, 0.5) is 10.5 Å². The van der Waals surface area contributed by atoms with Crippen LogP contribution in [-0.2, 0) is 16.0 Å². The van der Waals surface area contributed by atoms with Gasteiger partial charge in [0.2, 0.25) is 5.91 Å². The van der Waals surface area contributed by atoms with Crippen LogP contribution >= 0.6 is 0 Å². The van der Waals surface area contributed by atoms with Gasteiger partial charge in [-0.05, 0) is 37.0 Å². The van der Waals surface area contributed by atoms with Gasteiger partial charge >= 0.3 is 6.03 Å². The Kier molecular flexibility index (Phi) is 5.56. The van der Waals surface area contributed by atoms with Gasteiger partial charge in [0.05, 0.1) is 0 Å². The molecule has 1 aromatic rings. The van der Waals surface area contributed by atoms with Gasteiger partial charge in [0, 0.05) is 25.3 Å². The van der Waals surface area contributed by atoms with Crippen LogP contribution in [-0.4, -0.2) is 46.5 Å². The minimum absolute atomic E-state index is 0.0631. The number of benzene rings is 1. The molecule has 0 radical (unpaired) electrons. The average Bonchev–Trinajstić information content (AvgIpc) is 2.85. The number of imide groups is 1. The summed E-state index contributed by atoms with van der Waals surface area (Å²) in [5, 5.41) is 14.5. The van der Waals surface area contributed by atoms with Crippen molar-refractivity contribution in [2.45, 2.75) is 50.5 Å². The predicted octanol–water partition coefficient (Wildman–Crippen LogP) is 1.80. The highest BCUT2D eigenvalue weighted by molar-refractivity contribution is 6.07. The predicted molar refractivity (Wildman–Crippen MR) is 96.5 cm³/mol. The number of carbonyl (C=O) groups excluding carboxylic acids is 3. The third-order valence-corrected chi connectivity index (χ3v) is 5.15. The molecule has 26 heavy (non-hydrogen) atoms. The summed E-state index contributed by atoms with van der Waals surface area (Å²) in [4.78, 5) is 38.1. The number of rotatable bonds is 6. The fourth-order valence-corrected chi connectivity index (χ4v) is 3.69. The number of carbonyl (C=O) groups is 3. The number of nitrogens with zero attached hydrogens (tertiary/aromatic N) is 1. The van der Waals surface area contributed by atoms with Gasteiger partial charge in [0.1, 0.15) is 5.54 Å². The third kappa shape index (κ3) is 3.88. The molecule has 0 bridgehead atoms. The Morgan fingerprint density at radius 2 is 1.85 bits per heavy atom. The molecular weight excluding hydrogens is 334 g/mol. The summed E-state index contributed by atoms with van der Waals surface area (Å²) in [7, 11) is 0. The molecule has 7 nitrogen and oxygen atoms in total. The fourth-order valence-electron chi connectivity index (χ4n) is 3.69. The second kappa shape index (κ2) is 7.86. The Hall–Kier alpha value is -2.41. The normalized spacial score (nSPS) is 18.9. The maximum atomic E-state index is 12.7. The maximum absolute atomic E-state index is 12.7. The van der Waals surface area contributed by atoms with Crippen LogP contribution in [0, 0.1) is 0 Å². The second-order valence-corrected chi connectivity index (χ2v) is 7.00. The monoisotopic (exact) mass is 359 g/mol. The topological polar surface area (TPSA) is 98.7 Å². The van der Waals surface area contributed by atoms with Gasteiger partial charge in [-0.15, -0.1) is 0 Å². The van der Waals surface area contributed by atoms with E-state index < -0.39 is 11.6 Å². The number of aliphatic hydroxyl groups is 1. The van der Waals surface area contributed by atoms with Gasteiger partial charge in [-0.3, -0.25) is 14.5 Å². The zero-order valence-corrected chi connectivity index (χ0v) is 14.8. The maximum Gasteiger partial charge on any atom is 0.325 e. The standard InChI is InChI=1S/C19H25N3O4/c23-13-9-14-4-6-15(7-5-14)20-16(24)8-12-22-17(25)19(21-18(22)26)10-2-1-3-11-19/h4-7,23H,1-3,8-13H2,(H,20,24)(H,21,26). The number of aliphatic hydroxyl groups excluding tert-OH is 1. The quantitative estimate of drug-likeness (QED) is 0.675. The summed E-state index contributed by atoms with van der Waals surface area (Å²) in [5.74, 6) is -0.437. The first-order valence-corrected chi connectivity index (χ1v) is 9.18. The summed E-state index contributed by atoms with van der Waals surface area (Å²) in [6, 6.07) is 6.84. The SMILES string of the molecule is O=C(CCN1C(=O)NC2(CCCCC2)C1=O)Nc1ccc(CCO)cc1. The van der Waals surface area contributed by atoms with Crippen molar-refractivity contribution >= 4 is 23.5 Å². The van der Waals surface area contributed by atoms with Crippen molar-refractivity contribution in [1.82, 2.24) is 10.2 Å². The molecular formula is C19H25N3O4. The largest absolute Gasteiger partial charge is 0.396 e. The van der Waals surface area contributed by atoms with Crippen molar-refractivity contribution in [3.63, 3.8) is 0 Å². The molecule has 3 N–H and O–H groups in total. The Morgan fingerprint density at radius 3 is 2.50 bits per heavy atom. The molecule has 1 aliphatic heterocycles. The van der Waals surface area contributed by atoms with E-state index >= 15 is 0 Å². The van der Waals surface area contributed by atoms with Crippen LogP contribution in [0.1, 0.15) is 44.1 Å². The molecule has 1 aliphatic carbocycles. The van der Waals surface area contributed by atoms with Crippen LogP contribution in [0.25, 0.3) is 0 Å². The summed E-state index contributed by atoms with van der Waals surface area (Å²) in [5.41, 5.74) is 0.897. The first kappa shape index (κ1) is 18.4. The molecule has 0 atom stereocenters. The lowest BCUT2D eigenvalue weighted by molar-refractivity contribution is -0.132. The lowest BCUT2D eigenvalue weighted by Gasteiger charge is -2.30. The van der Waals surface area contributed by atoms with Gasteiger partial charge in [0.25, 0.3) is 5.91 Å². The van der Waals surface area contributed by atoms with E-state index in [1.54, 1.807) is 12.1 Å². The second-order valence-electron chi connectivity index (χ2n) is 7.00. The molecule has 3 rings (SSSR count). The number of hydrogen-bond donors (Lipinski definition) is 3. The van der Waals surface area contributed by atoms with Gasteiger partial charge in [-0.2, -0.15) is 0 Å². The molecule has 7 heteroatoms. The summed E-state index contributed by atoms with van der Waals surface area (Å²) in [6.07, 6.45) is 4.96. The highest BCUT2D eigenvalue weighted by Crippen LogP contribution is 2.33. The molecule has 1 saturated carbocycles. The van der Waals surface area contributed by atoms with E-state index in [1.807, 2.05) is 12.1 Å². The third-order valence-electron chi connectivity index (χ3n) is 5.15. The highest BCUT2D eigenvalue weighted by Gasteiger charge is 2.50. The van der Waals surface area contributed by atoms with Gasteiger partial charge < -0.3 is 15.7 Å². The van der Waals surface area contributed by atoms with Crippen molar-refractivity contribution in [2.75, 3.05) is 18.5 Å². The van der Waals surface area contributed by atoms with Crippen molar-refractivity contribution in [1.29, 1.82) is 0 Å². The molecule has 2 fully saturated rings. The molecule has 0 unspecified atom stereocenters. The Labute approximate surface area is 152 Å². The molecule has 1 saturated heterocycles. The molecule has 1 heterocycles. The van der Waals surface area contributed by atoms with E-state index in [4.69, 9.17) is 5.11 Å². The Morgan fingerprint density at radius 1 is 1.15 bits per heavy atom. The Bertz CT molecular complexity index is 681. The zero-order valence-electron chi connectivity index (χ0n) is 14.8. The van der Waals surface area contributed by atoms with Crippen LogP contribution in [0.3, 0.4) is 0 Å². The van der Waals surface area contributed by atoms with Crippen LogP contribution in [0.2, 0.25) is 0 Å². The molecule has 140 valence electrons. The molecule has 2 aliphatic rings. The number of nitrogens with one attached hydrogen (secondary N) is 2. The number of hydrogen-bond acceptors (Lipinski definition) is 4. The minimum Gasteiger partial charge on any atom is -0.396 e. The van der Waals surface area contributed by atoms with Crippen molar-refractivity contribution in [3.05, 3.63) is 29.8 Å². The van der Waals surface area contributed by atoms with Crippen LogP contribution in [0.15, 0.2) is 24.3 Å². The molecule has 4 amide bonds. The van der Waals surface area contributed by atoms with Gasteiger partial charge in [-0.25, -0.2) is 4.79 Å². The van der Waals surface area contributed by atoms with Crippen LogP contribution < -0.4 is 10.6 Å². The van der Waals surface area contributed by atoms with E-state index in [1.165, 1.54) is 4.90 Å². The van der Waals surface area contributed by atoms with E-state index in [-0.39, 0.29) is 31.4 Å². The van der Waals surface area contributed by atoms with Crippen LogP contribution in [0.5, 0.6) is 0 Å².